The van der Waals surface area contributed by atoms with Gasteiger partial charge in [-0.1, -0.05) is 41.9 Å². The lowest BCUT2D eigenvalue weighted by Crippen LogP contribution is -2.15. The van der Waals surface area contributed by atoms with Crippen molar-refractivity contribution in [2.45, 2.75) is 13.0 Å². The van der Waals surface area contributed by atoms with Gasteiger partial charge in [-0.2, -0.15) is 0 Å². The second-order valence-corrected chi connectivity index (χ2v) is 6.14. The van der Waals surface area contributed by atoms with E-state index < -0.39 is 0 Å². The number of anilines is 2. The van der Waals surface area contributed by atoms with Gasteiger partial charge in [-0.15, -0.1) is 0 Å². The van der Waals surface area contributed by atoms with Crippen LogP contribution in [0.2, 0.25) is 5.02 Å². The van der Waals surface area contributed by atoms with Gasteiger partial charge < -0.3 is 10.6 Å². The van der Waals surface area contributed by atoms with Crippen molar-refractivity contribution in [1.82, 2.24) is 4.98 Å². The lowest BCUT2D eigenvalue weighted by Gasteiger charge is -2.09. The number of nitrogens with zero attached hydrogens (tertiary/aromatic N) is 1. The maximum atomic E-state index is 12.9. The van der Waals surface area contributed by atoms with E-state index in [0.29, 0.717) is 17.4 Å². The topological polar surface area (TPSA) is 54.0 Å². The molecule has 0 aliphatic heterocycles. The Morgan fingerprint density at radius 2 is 1.81 bits per heavy atom. The summed E-state index contributed by atoms with van der Waals surface area (Å²) in [4.78, 5) is 16.2. The number of benzene rings is 2. The van der Waals surface area contributed by atoms with E-state index in [0.717, 1.165) is 16.8 Å². The van der Waals surface area contributed by atoms with Crippen LogP contribution in [0.1, 0.15) is 11.1 Å². The lowest BCUT2D eigenvalue weighted by molar-refractivity contribution is -0.115. The van der Waals surface area contributed by atoms with Gasteiger partial charge in [0, 0.05) is 11.6 Å². The molecule has 0 saturated heterocycles. The van der Waals surface area contributed by atoms with Gasteiger partial charge in [-0.3, -0.25) is 4.79 Å². The normalized spacial score (nSPS) is 10.4. The summed E-state index contributed by atoms with van der Waals surface area (Å²) in [5, 5.41) is 6.66. The number of carbonyl (C=O) groups is 1. The van der Waals surface area contributed by atoms with E-state index in [9.17, 15) is 9.18 Å². The van der Waals surface area contributed by atoms with Crippen LogP contribution in [0.3, 0.4) is 0 Å². The van der Waals surface area contributed by atoms with Crippen LogP contribution in [0.15, 0.2) is 66.9 Å². The zero-order valence-corrected chi connectivity index (χ0v) is 14.6. The zero-order chi connectivity index (χ0) is 18.4. The van der Waals surface area contributed by atoms with Gasteiger partial charge in [0.05, 0.1) is 18.3 Å². The predicted molar refractivity (Wildman–Crippen MR) is 102 cm³/mol. The van der Waals surface area contributed by atoms with Gasteiger partial charge in [0.1, 0.15) is 11.6 Å². The maximum Gasteiger partial charge on any atom is 0.229 e. The van der Waals surface area contributed by atoms with Crippen molar-refractivity contribution < 1.29 is 9.18 Å². The molecular formula is C20H17ClFN3O. The van der Waals surface area contributed by atoms with Gasteiger partial charge in [0.25, 0.3) is 0 Å². The van der Waals surface area contributed by atoms with E-state index in [1.807, 2.05) is 30.3 Å². The Kier molecular flexibility index (Phi) is 5.81. The molecular weight excluding hydrogens is 353 g/mol. The Labute approximate surface area is 156 Å². The zero-order valence-electron chi connectivity index (χ0n) is 13.9. The molecule has 2 N–H and O–H groups in total. The number of hydrogen-bond acceptors (Lipinski definition) is 3. The molecule has 132 valence electrons. The monoisotopic (exact) mass is 369 g/mol. The smallest absolute Gasteiger partial charge is 0.229 e. The molecule has 0 spiro atoms. The summed E-state index contributed by atoms with van der Waals surface area (Å²) in [5.41, 5.74) is 2.55. The summed E-state index contributed by atoms with van der Waals surface area (Å²) in [6, 6.07) is 17.0. The fraction of sp³-hybridized carbons (Fsp3) is 0.100. The molecule has 0 fully saturated rings. The highest BCUT2D eigenvalue weighted by Crippen LogP contribution is 2.17. The molecule has 0 aliphatic carbocycles. The van der Waals surface area contributed by atoms with Crippen LogP contribution in [-0.2, 0) is 17.8 Å². The maximum absolute atomic E-state index is 12.9. The van der Waals surface area contributed by atoms with Crippen molar-refractivity contribution in [2.75, 3.05) is 10.6 Å². The second-order valence-electron chi connectivity index (χ2n) is 5.73. The standard InChI is InChI=1S/C20H17ClFN3O/c21-18-4-2-1-3-15(18)12-23-17-9-10-19(24-13-17)25-20(26)11-14-5-7-16(22)8-6-14/h1-10,13,23H,11-12H2,(H,24,25,26). The first-order chi connectivity index (χ1) is 12.6. The molecule has 1 aromatic heterocycles. The molecule has 0 aliphatic rings. The van der Waals surface area contributed by atoms with Gasteiger partial charge in [-0.25, -0.2) is 9.37 Å². The first-order valence-corrected chi connectivity index (χ1v) is 8.45. The highest BCUT2D eigenvalue weighted by Gasteiger charge is 2.06. The van der Waals surface area contributed by atoms with E-state index in [1.165, 1.54) is 12.1 Å². The Hall–Kier alpha value is -2.92. The molecule has 0 bridgehead atoms. The Bertz CT molecular complexity index is 882. The number of amides is 1. The predicted octanol–water partition coefficient (Wildman–Crippen LogP) is 4.67. The van der Waals surface area contributed by atoms with Crippen LogP contribution >= 0.6 is 11.6 Å². The number of pyridine rings is 1. The molecule has 0 radical (unpaired) electrons. The molecule has 0 unspecified atom stereocenters. The summed E-state index contributed by atoms with van der Waals surface area (Å²) in [6.07, 6.45) is 1.80. The van der Waals surface area contributed by atoms with Gasteiger partial charge in [-0.05, 0) is 41.5 Å². The number of hydrogen-bond donors (Lipinski definition) is 2. The number of aromatic nitrogens is 1. The molecule has 0 saturated carbocycles. The van der Waals surface area contributed by atoms with Gasteiger partial charge >= 0.3 is 0 Å². The molecule has 1 heterocycles. The van der Waals surface area contributed by atoms with Crippen molar-refractivity contribution >= 4 is 29.0 Å². The molecule has 3 rings (SSSR count). The van der Waals surface area contributed by atoms with E-state index in [-0.39, 0.29) is 18.1 Å². The summed E-state index contributed by atoms with van der Waals surface area (Å²) < 4.78 is 12.9. The third-order valence-corrected chi connectivity index (χ3v) is 4.12. The van der Waals surface area contributed by atoms with Crippen molar-refractivity contribution in [3.63, 3.8) is 0 Å². The molecule has 1 amide bonds. The van der Waals surface area contributed by atoms with Crippen LogP contribution in [0.25, 0.3) is 0 Å². The Balaban J connectivity index is 1.53. The van der Waals surface area contributed by atoms with Crippen LogP contribution in [0, 0.1) is 5.82 Å². The highest BCUT2D eigenvalue weighted by atomic mass is 35.5. The first kappa shape index (κ1) is 17.9. The van der Waals surface area contributed by atoms with Crippen molar-refractivity contribution in [2.24, 2.45) is 0 Å². The average Bonchev–Trinajstić information content (AvgIpc) is 2.64. The van der Waals surface area contributed by atoms with E-state index in [2.05, 4.69) is 15.6 Å². The van der Waals surface area contributed by atoms with Crippen LogP contribution in [0.4, 0.5) is 15.9 Å². The molecule has 26 heavy (non-hydrogen) atoms. The average molecular weight is 370 g/mol. The minimum Gasteiger partial charge on any atom is -0.380 e. The summed E-state index contributed by atoms with van der Waals surface area (Å²) in [5.74, 6) is -0.0722. The first-order valence-electron chi connectivity index (χ1n) is 8.08. The summed E-state index contributed by atoms with van der Waals surface area (Å²) in [7, 11) is 0. The van der Waals surface area contributed by atoms with Crippen LogP contribution in [0.5, 0.6) is 0 Å². The summed E-state index contributed by atoms with van der Waals surface area (Å²) >= 11 is 6.12. The molecule has 2 aromatic carbocycles. The lowest BCUT2D eigenvalue weighted by atomic mass is 10.1. The number of rotatable bonds is 6. The third kappa shape index (κ3) is 5.04. The Morgan fingerprint density at radius 3 is 2.50 bits per heavy atom. The van der Waals surface area contributed by atoms with E-state index >= 15 is 0 Å². The Morgan fingerprint density at radius 1 is 1.04 bits per heavy atom. The SMILES string of the molecule is O=C(Cc1ccc(F)cc1)Nc1ccc(NCc2ccccc2Cl)cn1. The van der Waals surface area contributed by atoms with Gasteiger partial charge in [0.2, 0.25) is 5.91 Å². The van der Waals surface area contributed by atoms with Crippen LogP contribution in [-0.4, -0.2) is 10.9 Å². The fourth-order valence-electron chi connectivity index (χ4n) is 2.39. The van der Waals surface area contributed by atoms with E-state index in [4.69, 9.17) is 11.6 Å². The molecule has 6 heteroatoms. The molecule has 0 atom stereocenters. The number of carbonyl (C=O) groups excluding carboxylic acids is 1. The van der Waals surface area contributed by atoms with Crippen molar-refractivity contribution in [3.8, 4) is 0 Å². The summed E-state index contributed by atoms with van der Waals surface area (Å²) in [6.45, 7) is 0.581. The molecule has 3 aromatic rings. The van der Waals surface area contributed by atoms with Crippen molar-refractivity contribution in [3.05, 3.63) is 88.8 Å². The minimum absolute atomic E-state index is 0.161. The minimum atomic E-state index is -0.323. The van der Waals surface area contributed by atoms with E-state index in [1.54, 1.807) is 24.4 Å². The fourth-order valence-corrected chi connectivity index (χ4v) is 2.59. The highest BCUT2D eigenvalue weighted by molar-refractivity contribution is 6.31. The van der Waals surface area contributed by atoms with Crippen LogP contribution < -0.4 is 10.6 Å². The quantitative estimate of drug-likeness (QED) is 0.664. The second kappa shape index (κ2) is 8.45. The number of halogens is 2. The third-order valence-electron chi connectivity index (χ3n) is 3.75. The van der Waals surface area contributed by atoms with Crippen molar-refractivity contribution in [1.29, 1.82) is 0 Å². The number of nitrogens with one attached hydrogen (secondary N) is 2. The largest absolute Gasteiger partial charge is 0.380 e. The molecule has 4 nitrogen and oxygen atoms in total. The van der Waals surface area contributed by atoms with Gasteiger partial charge in [0.15, 0.2) is 0 Å².